The maximum atomic E-state index is 13.0. The summed E-state index contributed by atoms with van der Waals surface area (Å²) in [6, 6.07) is 14.4. The van der Waals surface area contributed by atoms with E-state index >= 15 is 0 Å². The number of aryl methyl sites for hydroxylation is 1. The summed E-state index contributed by atoms with van der Waals surface area (Å²) in [5.74, 6) is -1.42. The number of sulfonamides is 1. The van der Waals surface area contributed by atoms with E-state index < -0.39 is 27.3 Å². The molecule has 1 aliphatic heterocycles. The molecule has 7 heteroatoms. The highest BCUT2D eigenvalue weighted by atomic mass is 32.2. The van der Waals surface area contributed by atoms with Crippen LogP contribution in [0.3, 0.4) is 0 Å². The van der Waals surface area contributed by atoms with Crippen molar-refractivity contribution in [2.45, 2.75) is 24.3 Å². The second-order valence-electron chi connectivity index (χ2n) is 6.10. The van der Waals surface area contributed by atoms with E-state index in [1.165, 1.54) is 12.1 Å². The van der Waals surface area contributed by atoms with Crippen molar-refractivity contribution in [3.05, 3.63) is 65.7 Å². The van der Waals surface area contributed by atoms with Gasteiger partial charge in [-0.3, -0.25) is 4.79 Å². The van der Waals surface area contributed by atoms with Gasteiger partial charge in [0.1, 0.15) is 0 Å². The van der Waals surface area contributed by atoms with Gasteiger partial charge in [-0.25, -0.2) is 13.2 Å². The van der Waals surface area contributed by atoms with E-state index in [9.17, 15) is 18.0 Å². The highest BCUT2D eigenvalue weighted by Crippen LogP contribution is 2.42. The van der Waals surface area contributed by atoms with Gasteiger partial charge in [0, 0.05) is 5.56 Å². The van der Waals surface area contributed by atoms with Gasteiger partial charge in [-0.15, -0.1) is 0 Å². The number of benzene rings is 2. The van der Waals surface area contributed by atoms with Gasteiger partial charge in [0.2, 0.25) is 15.6 Å². The summed E-state index contributed by atoms with van der Waals surface area (Å²) in [6.45, 7) is 3.28. The van der Waals surface area contributed by atoms with Gasteiger partial charge in [-0.05, 0) is 26.0 Å². The van der Waals surface area contributed by atoms with Crippen LogP contribution in [0.4, 0.5) is 0 Å². The Morgan fingerprint density at radius 2 is 1.69 bits per heavy atom. The molecule has 0 amide bonds. The largest absolute Gasteiger partial charge is 0.464 e. The molecule has 1 aliphatic rings. The van der Waals surface area contributed by atoms with Crippen molar-refractivity contribution in [3.63, 3.8) is 0 Å². The van der Waals surface area contributed by atoms with E-state index in [4.69, 9.17) is 4.74 Å². The maximum Gasteiger partial charge on any atom is 0.337 e. The molecule has 0 N–H and O–H groups in total. The number of esters is 1. The van der Waals surface area contributed by atoms with Crippen LogP contribution in [0, 0.1) is 6.92 Å². The average Bonchev–Trinajstić information content (AvgIpc) is 3.40. The number of hydrogen-bond donors (Lipinski definition) is 0. The van der Waals surface area contributed by atoms with Crippen molar-refractivity contribution < 1.29 is 22.7 Å². The van der Waals surface area contributed by atoms with Gasteiger partial charge < -0.3 is 4.74 Å². The van der Waals surface area contributed by atoms with Crippen molar-refractivity contribution >= 4 is 21.8 Å². The van der Waals surface area contributed by atoms with Crippen LogP contribution in [-0.4, -0.2) is 43.2 Å². The third-order valence-corrected chi connectivity index (χ3v) is 6.22. The summed E-state index contributed by atoms with van der Waals surface area (Å²) in [7, 11) is -3.99. The Balaban J connectivity index is 2.02. The molecule has 2 aromatic rings. The fraction of sp³-hybridized carbons (Fsp3) is 0.263. The summed E-state index contributed by atoms with van der Waals surface area (Å²) >= 11 is 0. The van der Waals surface area contributed by atoms with E-state index in [-0.39, 0.29) is 23.6 Å². The summed E-state index contributed by atoms with van der Waals surface area (Å²) < 4.78 is 31.8. The fourth-order valence-electron chi connectivity index (χ4n) is 2.82. The minimum Gasteiger partial charge on any atom is -0.464 e. The van der Waals surface area contributed by atoms with E-state index in [1.54, 1.807) is 49.4 Å². The summed E-state index contributed by atoms with van der Waals surface area (Å²) in [5.41, 5.74) is -0.657. The van der Waals surface area contributed by atoms with Gasteiger partial charge in [-0.2, -0.15) is 4.31 Å². The number of ketones is 1. The predicted octanol–water partition coefficient (Wildman–Crippen LogP) is 2.18. The van der Waals surface area contributed by atoms with E-state index in [2.05, 4.69) is 0 Å². The van der Waals surface area contributed by atoms with Crippen molar-refractivity contribution in [2.75, 3.05) is 13.2 Å². The Kier molecular flexibility index (Phi) is 4.68. The summed E-state index contributed by atoms with van der Waals surface area (Å²) in [6.07, 6.45) is 0. The molecule has 1 saturated heterocycles. The number of hydrogen-bond acceptors (Lipinski definition) is 5. The number of carbonyl (C=O) groups is 2. The van der Waals surface area contributed by atoms with Crippen LogP contribution in [-0.2, 0) is 19.6 Å². The third-order valence-electron chi connectivity index (χ3n) is 4.33. The summed E-state index contributed by atoms with van der Waals surface area (Å²) in [4.78, 5) is 25.6. The zero-order valence-electron chi connectivity index (χ0n) is 14.5. The van der Waals surface area contributed by atoms with E-state index in [0.717, 1.165) is 9.87 Å². The van der Waals surface area contributed by atoms with E-state index in [0.29, 0.717) is 0 Å². The Labute approximate surface area is 152 Å². The number of ether oxygens (including phenoxy) is 1. The van der Waals surface area contributed by atoms with Gasteiger partial charge in [0.05, 0.1) is 18.0 Å². The lowest BCUT2D eigenvalue weighted by molar-refractivity contribution is -0.145. The quantitative estimate of drug-likeness (QED) is 0.336. The van der Waals surface area contributed by atoms with Crippen LogP contribution in [0.25, 0.3) is 0 Å². The first-order chi connectivity index (χ1) is 12.3. The zero-order chi connectivity index (χ0) is 18.9. The molecule has 6 nitrogen and oxygen atoms in total. The lowest BCUT2D eigenvalue weighted by Crippen LogP contribution is -2.41. The van der Waals surface area contributed by atoms with E-state index in [1.807, 2.05) is 6.92 Å². The lowest BCUT2D eigenvalue weighted by Gasteiger charge is -2.16. The first kappa shape index (κ1) is 18.3. The molecular formula is C19H19NO5S. The number of carbonyl (C=O) groups excluding carboxylic acids is 2. The van der Waals surface area contributed by atoms with Crippen LogP contribution < -0.4 is 0 Å². The third kappa shape index (κ3) is 2.93. The van der Waals surface area contributed by atoms with Crippen molar-refractivity contribution in [1.82, 2.24) is 4.31 Å². The minimum atomic E-state index is -3.99. The highest BCUT2D eigenvalue weighted by Gasteiger charge is 2.70. The monoisotopic (exact) mass is 373 g/mol. The molecule has 2 atom stereocenters. The van der Waals surface area contributed by atoms with Crippen molar-refractivity contribution in [3.8, 4) is 0 Å². The first-order valence-corrected chi connectivity index (χ1v) is 9.64. The van der Waals surface area contributed by atoms with Crippen LogP contribution >= 0.6 is 0 Å². The topological polar surface area (TPSA) is 80.5 Å². The zero-order valence-corrected chi connectivity index (χ0v) is 15.3. The van der Waals surface area contributed by atoms with Gasteiger partial charge in [-0.1, -0.05) is 48.0 Å². The smallest absolute Gasteiger partial charge is 0.337 e. The second-order valence-corrected chi connectivity index (χ2v) is 7.96. The lowest BCUT2D eigenvalue weighted by atomic mass is 9.98. The fourth-order valence-corrected chi connectivity index (χ4v) is 4.48. The van der Waals surface area contributed by atoms with Crippen LogP contribution in [0.5, 0.6) is 0 Å². The molecule has 136 valence electrons. The molecule has 2 unspecified atom stereocenters. The van der Waals surface area contributed by atoms with Crippen molar-refractivity contribution in [2.24, 2.45) is 0 Å². The van der Waals surface area contributed by atoms with Crippen LogP contribution in [0.15, 0.2) is 59.5 Å². The van der Waals surface area contributed by atoms with Gasteiger partial charge in [0.15, 0.2) is 5.78 Å². The molecular weight excluding hydrogens is 354 g/mol. The standard InChI is InChI=1S/C19H19NO5S/c1-3-25-18(22)19(17(21)15-7-5-4-6-8-15)13-20(19)26(23,24)16-11-9-14(2)10-12-16/h4-12H,3,13H2,1-2H3. The number of Topliss-reactive ketones (excluding diaryl/α,β-unsaturated/α-hetero) is 1. The average molecular weight is 373 g/mol. The number of nitrogens with zero attached hydrogens (tertiary/aromatic N) is 1. The molecule has 0 spiro atoms. The molecule has 0 radical (unpaired) electrons. The second kappa shape index (κ2) is 6.66. The molecule has 0 saturated carbocycles. The Morgan fingerprint density at radius 1 is 1.08 bits per heavy atom. The predicted molar refractivity (Wildman–Crippen MR) is 95.2 cm³/mol. The molecule has 1 heterocycles. The van der Waals surface area contributed by atoms with Crippen LogP contribution in [0.2, 0.25) is 0 Å². The summed E-state index contributed by atoms with van der Waals surface area (Å²) in [5, 5.41) is 0. The SMILES string of the molecule is CCOC(=O)C1(C(=O)c2ccccc2)CN1S(=O)(=O)c1ccc(C)cc1. The Hall–Kier alpha value is -2.51. The van der Waals surface area contributed by atoms with Gasteiger partial charge in [0.25, 0.3) is 0 Å². The number of rotatable bonds is 6. The molecule has 2 aromatic carbocycles. The Morgan fingerprint density at radius 3 is 2.27 bits per heavy atom. The molecule has 0 aromatic heterocycles. The normalized spacial score (nSPS) is 21.8. The highest BCUT2D eigenvalue weighted by molar-refractivity contribution is 7.89. The van der Waals surface area contributed by atoms with Gasteiger partial charge >= 0.3 is 5.97 Å². The maximum absolute atomic E-state index is 13.0. The molecule has 26 heavy (non-hydrogen) atoms. The van der Waals surface area contributed by atoms with Crippen LogP contribution in [0.1, 0.15) is 22.8 Å². The molecule has 1 fully saturated rings. The molecule has 0 bridgehead atoms. The first-order valence-electron chi connectivity index (χ1n) is 8.20. The van der Waals surface area contributed by atoms with Crippen molar-refractivity contribution in [1.29, 1.82) is 0 Å². The molecule has 3 rings (SSSR count). The molecule has 0 aliphatic carbocycles. The minimum absolute atomic E-state index is 0.0372. The Bertz CT molecular complexity index is 938.